The normalized spacial score (nSPS) is 17.4. The van der Waals surface area contributed by atoms with Crippen LogP contribution in [0.1, 0.15) is 33.6 Å². The van der Waals surface area contributed by atoms with E-state index in [1.807, 2.05) is 13.8 Å². The molecule has 0 spiro atoms. The number of anilines is 1. The monoisotopic (exact) mass is 312 g/mol. The number of hydrogen-bond acceptors (Lipinski definition) is 4. The Bertz CT molecular complexity index is 523. The van der Waals surface area contributed by atoms with Crippen LogP contribution in [0.2, 0.25) is 5.02 Å². The third-order valence-corrected chi connectivity index (χ3v) is 4.24. The first-order chi connectivity index (χ1) is 9.99. The van der Waals surface area contributed by atoms with Crippen molar-refractivity contribution in [3.05, 3.63) is 21.6 Å². The van der Waals surface area contributed by atoms with Crippen molar-refractivity contribution in [3.8, 4) is 0 Å². The minimum absolute atomic E-state index is 0.218. The molecule has 0 aromatic carbocycles. The van der Waals surface area contributed by atoms with Gasteiger partial charge in [0.05, 0.1) is 11.9 Å². The van der Waals surface area contributed by atoms with Gasteiger partial charge < -0.3 is 5.32 Å². The van der Waals surface area contributed by atoms with Crippen LogP contribution >= 0.6 is 11.6 Å². The maximum atomic E-state index is 12.1. The second-order valence-electron chi connectivity index (χ2n) is 6.23. The zero-order chi connectivity index (χ0) is 15.4. The minimum Gasteiger partial charge on any atom is -0.381 e. The zero-order valence-electron chi connectivity index (χ0n) is 13.1. The third-order valence-electron chi connectivity index (χ3n) is 3.87. The van der Waals surface area contributed by atoms with Gasteiger partial charge in [0.15, 0.2) is 0 Å². The highest BCUT2D eigenvalue weighted by atomic mass is 35.5. The fourth-order valence-electron chi connectivity index (χ4n) is 2.63. The smallest absolute Gasteiger partial charge is 0.287 e. The molecule has 21 heavy (non-hydrogen) atoms. The Balaban J connectivity index is 2.00. The highest BCUT2D eigenvalue weighted by molar-refractivity contribution is 6.32. The third kappa shape index (κ3) is 4.20. The largest absolute Gasteiger partial charge is 0.381 e. The van der Waals surface area contributed by atoms with Gasteiger partial charge in [0, 0.05) is 19.1 Å². The van der Waals surface area contributed by atoms with Crippen molar-refractivity contribution in [2.24, 2.45) is 5.92 Å². The van der Waals surface area contributed by atoms with Gasteiger partial charge in [-0.15, -0.1) is 0 Å². The molecule has 2 rings (SSSR count). The minimum atomic E-state index is -0.218. The van der Waals surface area contributed by atoms with E-state index in [2.05, 4.69) is 22.2 Å². The first kappa shape index (κ1) is 16.3. The second-order valence-corrected chi connectivity index (χ2v) is 6.60. The Morgan fingerprint density at radius 3 is 2.62 bits per heavy atom. The van der Waals surface area contributed by atoms with Crippen LogP contribution in [0.3, 0.4) is 0 Å². The summed E-state index contributed by atoms with van der Waals surface area (Å²) >= 11 is 6.18. The average Bonchev–Trinajstić information content (AvgIpc) is 2.96. The molecule has 2 heterocycles. The first-order valence-electron chi connectivity index (χ1n) is 7.72. The molecule has 5 nitrogen and oxygen atoms in total. The maximum Gasteiger partial charge on any atom is 0.287 e. The predicted octanol–water partition coefficient (Wildman–Crippen LogP) is 2.45. The van der Waals surface area contributed by atoms with Gasteiger partial charge in [-0.25, -0.2) is 4.68 Å². The van der Waals surface area contributed by atoms with Gasteiger partial charge >= 0.3 is 0 Å². The van der Waals surface area contributed by atoms with Gasteiger partial charge in [0.2, 0.25) is 0 Å². The summed E-state index contributed by atoms with van der Waals surface area (Å²) in [5, 5.41) is 7.70. The van der Waals surface area contributed by atoms with Crippen molar-refractivity contribution in [3.63, 3.8) is 0 Å². The summed E-state index contributed by atoms with van der Waals surface area (Å²) < 4.78 is 1.43. The van der Waals surface area contributed by atoms with Crippen LogP contribution in [-0.2, 0) is 6.54 Å². The van der Waals surface area contributed by atoms with Gasteiger partial charge in [0.25, 0.3) is 5.56 Å². The topological polar surface area (TPSA) is 50.2 Å². The number of rotatable bonds is 6. The number of nitrogens with one attached hydrogen (secondary N) is 1. The fraction of sp³-hybridized carbons (Fsp3) is 0.733. The van der Waals surface area contributed by atoms with E-state index in [1.54, 1.807) is 6.20 Å². The molecule has 0 bridgehead atoms. The SMILES string of the molecule is CC(C)Cn1ncc(NCC(C)N2CCCC2)c(Cl)c1=O. The Morgan fingerprint density at radius 1 is 1.33 bits per heavy atom. The summed E-state index contributed by atoms with van der Waals surface area (Å²) in [6, 6.07) is 0.432. The molecule has 118 valence electrons. The average molecular weight is 313 g/mol. The molecule has 1 N–H and O–H groups in total. The quantitative estimate of drug-likeness (QED) is 0.876. The molecular weight excluding hydrogens is 288 g/mol. The molecule has 1 aromatic heterocycles. The lowest BCUT2D eigenvalue weighted by Gasteiger charge is -2.24. The van der Waals surface area contributed by atoms with Crippen LogP contribution in [0.15, 0.2) is 11.0 Å². The molecule has 1 aliphatic rings. The molecule has 1 atom stereocenters. The van der Waals surface area contributed by atoms with Crippen molar-refractivity contribution in [1.82, 2.24) is 14.7 Å². The molecule has 0 aliphatic carbocycles. The van der Waals surface area contributed by atoms with Crippen molar-refractivity contribution in [2.75, 3.05) is 25.0 Å². The predicted molar refractivity (Wildman–Crippen MR) is 87.1 cm³/mol. The molecule has 0 radical (unpaired) electrons. The Kier molecular flexibility index (Phi) is 5.65. The van der Waals surface area contributed by atoms with Gasteiger partial charge in [-0.05, 0) is 38.8 Å². The summed E-state index contributed by atoms with van der Waals surface area (Å²) in [5.74, 6) is 0.361. The van der Waals surface area contributed by atoms with Crippen LogP contribution in [0.25, 0.3) is 0 Å². The van der Waals surface area contributed by atoms with Crippen molar-refractivity contribution >= 4 is 17.3 Å². The van der Waals surface area contributed by atoms with Crippen LogP contribution in [0.5, 0.6) is 0 Å². The molecule has 1 unspecified atom stereocenters. The van der Waals surface area contributed by atoms with E-state index in [0.29, 0.717) is 24.2 Å². The lowest BCUT2D eigenvalue weighted by molar-refractivity contribution is 0.269. The van der Waals surface area contributed by atoms with Crippen LogP contribution < -0.4 is 10.9 Å². The number of hydrogen-bond donors (Lipinski definition) is 1. The molecule has 1 aromatic rings. The summed E-state index contributed by atoms with van der Waals surface area (Å²) in [7, 11) is 0. The molecule has 1 aliphatic heterocycles. The molecule has 0 saturated carbocycles. The maximum absolute atomic E-state index is 12.1. The van der Waals surface area contributed by atoms with Gasteiger partial charge in [-0.3, -0.25) is 9.69 Å². The fourth-order valence-corrected chi connectivity index (χ4v) is 2.85. The van der Waals surface area contributed by atoms with Crippen molar-refractivity contribution < 1.29 is 0 Å². The number of halogens is 1. The van der Waals surface area contributed by atoms with E-state index < -0.39 is 0 Å². The summed E-state index contributed by atoms with van der Waals surface area (Å²) in [6.45, 7) is 9.96. The molecule has 1 fully saturated rings. The van der Waals surface area contributed by atoms with E-state index in [-0.39, 0.29) is 10.6 Å². The van der Waals surface area contributed by atoms with Gasteiger partial charge in [-0.1, -0.05) is 25.4 Å². The molecule has 0 amide bonds. The van der Waals surface area contributed by atoms with Crippen LogP contribution in [-0.4, -0.2) is 40.4 Å². The number of nitrogens with zero attached hydrogens (tertiary/aromatic N) is 3. The summed E-state index contributed by atoms with van der Waals surface area (Å²) in [4.78, 5) is 14.6. The van der Waals surface area contributed by atoms with E-state index >= 15 is 0 Å². The Hall–Kier alpha value is -1.07. The Labute approximate surface area is 131 Å². The van der Waals surface area contributed by atoms with Gasteiger partial charge in [-0.2, -0.15) is 5.10 Å². The first-order valence-corrected chi connectivity index (χ1v) is 8.10. The highest BCUT2D eigenvalue weighted by Crippen LogP contribution is 2.17. The highest BCUT2D eigenvalue weighted by Gasteiger charge is 2.18. The second kappa shape index (κ2) is 7.27. The number of aromatic nitrogens is 2. The lowest BCUT2D eigenvalue weighted by Crippen LogP contribution is -2.36. The van der Waals surface area contributed by atoms with E-state index in [4.69, 9.17) is 11.6 Å². The Morgan fingerprint density at radius 2 is 2.00 bits per heavy atom. The summed E-state index contributed by atoms with van der Waals surface area (Å²) in [6.07, 6.45) is 4.21. The summed E-state index contributed by atoms with van der Waals surface area (Å²) in [5.41, 5.74) is 0.414. The lowest BCUT2D eigenvalue weighted by atomic mass is 10.2. The van der Waals surface area contributed by atoms with E-state index in [0.717, 1.165) is 19.6 Å². The van der Waals surface area contributed by atoms with Gasteiger partial charge in [0.1, 0.15) is 5.02 Å². The molecular formula is C15H25ClN4O. The zero-order valence-corrected chi connectivity index (χ0v) is 13.9. The van der Waals surface area contributed by atoms with Crippen molar-refractivity contribution in [1.29, 1.82) is 0 Å². The van der Waals surface area contributed by atoms with Crippen LogP contribution in [0, 0.1) is 5.92 Å². The van der Waals surface area contributed by atoms with Crippen molar-refractivity contribution in [2.45, 2.75) is 46.2 Å². The molecule has 1 saturated heterocycles. The standard InChI is InChI=1S/C15H25ClN4O/c1-11(2)10-20-15(21)14(16)13(9-18-20)17-8-12(3)19-6-4-5-7-19/h9,11-12,17H,4-8,10H2,1-3H3. The molecule has 6 heteroatoms. The van der Waals surface area contributed by atoms with E-state index in [9.17, 15) is 4.79 Å². The van der Waals surface area contributed by atoms with Crippen LogP contribution in [0.4, 0.5) is 5.69 Å². The number of likely N-dealkylation sites (tertiary alicyclic amines) is 1. The van der Waals surface area contributed by atoms with E-state index in [1.165, 1.54) is 17.5 Å².